The number of rotatable bonds is 4. The molecule has 0 fully saturated rings. The Balaban J connectivity index is 3.10. The zero-order chi connectivity index (χ0) is 13.0. The van der Waals surface area contributed by atoms with Gasteiger partial charge in [-0.05, 0) is 19.1 Å². The Kier molecular flexibility index (Phi) is 3.82. The minimum atomic E-state index is -0.674. The van der Waals surface area contributed by atoms with Gasteiger partial charge < -0.3 is 10.4 Å². The minimum absolute atomic E-state index is 0.177. The van der Waals surface area contributed by atoms with Crippen molar-refractivity contribution >= 4 is 11.6 Å². The molecular weight excluding hydrogens is 224 g/mol. The topological polar surface area (TPSA) is 92.5 Å². The van der Waals surface area contributed by atoms with Crippen molar-refractivity contribution in [2.24, 2.45) is 0 Å². The van der Waals surface area contributed by atoms with Gasteiger partial charge in [-0.3, -0.25) is 14.9 Å². The van der Waals surface area contributed by atoms with E-state index in [4.69, 9.17) is 0 Å². The quantitative estimate of drug-likeness (QED) is 0.471. The number of hydrogen-bond acceptors (Lipinski definition) is 4. The van der Waals surface area contributed by atoms with Gasteiger partial charge in [-0.2, -0.15) is 0 Å². The fourth-order valence-electron chi connectivity index (χ4n) is 1.21. The summed E-state index contributed by atoms with van der Waals surface area (Å²) in [6.45, 7) is 5.16. The maximum absolute atomic E-state index is 11.7. The molecule has 0 saturated carbocycles. The number of aromatic hydroxyl groups is 1. The van der Waals surface area contributed by atoms with E-state index in [1.165, 1.54) is 6.08 Å². The van der Waals surface area contributed by atoms with E-state index in [9.17, 15) is 20.0 Å². The van der Waals surface area contributed by atoms with Crippen LogP contribution in [0.25, 0.3) is 0 Å². The molecule has 90 valence electrons. The molecule has 6 nitrogen and oxygen atoms in total. The number of amides is 1. The monoisotopic (exact) mass is 236 g/mol. The Labute approximate surface area is 97.7 Å². The van der Waals surface area contributed by atoms with Crippen molar-refractivity contribution in [2.45, 2.75) is 13.0 Å². The summed E-state index contributed by atoms with van der Waals surface area (Å²) in [5.74, 6) is -0.827. The van der Waals surface area contributed by atoms with Gasteiger partial charge in [0.05, 0.1) is 4.92 Å². The van der Waals surface area contributed by atoms with Crippen molar-refractivity contribution in [3.8, 4) is 5.75 Å². The van der Waals surface area contributed by atoms with Crippen LogP contribution in [0.15, 0.2) is 30.9 Å². The Morgan fingerprint density at radius 1 is 1.65 bits per heavy atom. The van der Waals surface area contributed by atoms with Gasteiger partial charge >= 0.3 is 0 Å². The molecule has 1 aromatic rings. The number of carbonyl (C=O) groups excluding carboxylic acids is 1. The fourth-order valence-corrected chi connectivity index (χ4v) is 1.21. The predicted octanol–water partition coefficient (Wildman–Crippen LogP) is 1.60. The lowest BCUT2D eigenvalue weighted by atomic mass is 10.1. The van der Waals surface area contributed by atoms with Gasteiger partial charge in [0.25, 0.3) is 11.6 Å². The molecule has 0 bridgehead atoms. The van der Waals surface area contributed by atoms with Gasteiger partial charge in [-0.15, -0.1) is 6.58 Å². The van der Waals surface area contributed by atoms with Crippen LogP contribution >= 0.6 is 0 Å². The largest absolute Gasteiger partial charge is 0.508 e. The predicted molar refractivity (Wildman–Crippen MR) is 61.9 cm³/mol. The lowest BCUT2D eigenvalue weighted by Gasteiger charge is -2.09. The molecule has 0 radical (unpaired) electrons. The highest BCUT2D eigenvalue weighted by Gasteiger charge is 2.21. The average molecular weight is 236 g/mol. The van der Waals surface area contributed by atoms with E-state index in [1.807, 2.05) is 0 Å². The number of phenolic OH excluding ortho intramolecular Hbond substituents is 1. The van der Waals surface area contributed by atoms with E-state index in [-0.39, 0.29) is 23.0 Å². The van der Waals surface area contributed by atoms with E-state index < -0.39 is 10.8 Å². The van der Waals surface area contributed by atoms with E-state index in [0.717, 1.165) is 18.2 Å². The second-order valence-electron chi connectivity index (χ2n) is 3.46. The molecule has 1 rings (SSSR count). The number of benzene rings is 1. The van der Waals surface area contributed by atoms with Gasteiger partial charge in [-0.25, -0.2) is 0 Å². The summed E-state index contributed by atoms with van der Waals surface area (Å²) in [7, 11) is 0. The van der Waals surface area contributed by atoms with Gasteiger partial charge in [0.1, 0.15) is 11.3 Å². The molecule has 0 spiro atoms. The molecule has 0 heterocycles. The number of carbonyl (C=O) groups is 1. The summed E-state index contributed by atoms with van der Waals surface area (Å²) in [4.78, 5) is 21.8. The van der Waals surface area contributed by atoms with Crippen LogP contribution < -0.4 is 5.32 Å². The second kappa shape index (κ2) is 5.11. The number of phenols is 1. The third kappa shape index (κ3) is 3.04. The number of nitrogens with zero attached hydrogens (tertiary/aromatic N) is 1. The van der Waals surface area contributed by atoms with Crippen molar-refractivity contribution in [3.63, 3.8) is 0 Å². The fraction of sp³-hybridized carbons (Fsp3) is 0.182. The van der Waals surface area contributed by atoms with Gasteiger partial charge in [-0.1, -0.05) is 6.08 Å². The summed E-state index contributed by atoms with van der Waals surface area (Å²) in [6.07, 6.45) is 1.49. The van der Waals surface area contributed by atoms with Crippen LogP contribution in [0.4, 0.5) is 5.69 Å². The number of nitrogens with one attached hydrogen (secondary N) is 1. The molecule has 6 heteroatoms. The van der Waals surface area contributed by atoms with Crippen LogP contribution in [0.2, 0.25) is 0 Å². The van der Waals surface area contributed by atoms with E-state index in [1.54, 1.807) is 6.92 Å². The maximum atomic E-state index is 11.7. The summed E-state index contributed by atoms with van der Waals surface area (Å²) < 4.78 is 0. The summed E-state index contributed by atoms with van der Waals surface area (Å²) in [5, 5.41) is 22.4. The average Bonchev–Trinajstić information content (AvgIpc) is 2.28. The van der Waals surface area contributed by atoms with Crippen molar-refractivity contribution in [3.05, 3.63) is 46.5 Å². The molecule has 0 aromatic heterocycles. The molecular formula is C11H12N2O4. The molecule has 1 amide bonds. The van der Waals surface area contributed by atoms with Gasteiger partial charge in [0, 0.05) is 12.1 Å². The molecule has 2 N–H and O–H groups in total. The Morgan fingerprint density at radius 3 is 2.82 bits per heavy atom. The maximum Gasteiger partial charge on any atom is 0.282 e. The van der Waals surface area contributed by atoms with E-state index in [0.29, 0.717) is 0 Å². The number of nitro benzene ring substituents is 1. The highest BCUT2D eigenvalue weighted by atomic mass is 16.6. The van der Waals surface area contributed by atoms with Crippen molar-refractivity contribution in [1.82, 2.24) is 5.32 Å². The summed E-state index contributed by atoms with van der Waals surface area (Å²) >= 11 is 0. The normalized spacial score (nSPS) is 11.6. The highest BCUT2D eigenvalue weighted by molar-refractivity contribution is 5.98. The van der Waals surface area contributed by atoms with Crippen LogP contribution in [0, 0.1) is 10.1 Å². The zero-order valence-electron chi connectivity index (χ0n) is 9.21. The molecule has 0 aliphatic carbocycles. The summed E-state index contributed by atoms with van der Waals surface area (Å²) in [5.41, 5.74) is -0.528. The molecule has 0 aliphatic heterocycles. The van der Waals surface area contributed by atoms with Gasteiger partial charge in [0.15, 0.2) is 0 Å². The molecule has 1 aromatic carbocycles. The third-order valence-corrected chi connectivity index (χ3v) is 2.13. The van der Waals surface area contributed by atoms with E-state index >= 15 is 0 Å². The van der Waals surface area contributed by atoms with Crippen LogP contribution in [-0.2, 0) is 0 Å². The SMILES string of the molecule is C=CC(C)NC(=O)c1cc(O)ccc1[N+](=O)[O-]. The number of hydrogen-bond donors (Lipinski definition) is 2. The minimum Gasteiger partial charge on any atom is -0.508 e. The van der Waals surface area contributed by atoms with Crippen LogP contribution in [0.1, 0.15) is 17.3 Å². The first-order valence-corrected chi connectivity index (χ1v) is 4.86. The van der Waals surface area contributed by atoms with Crippen LogP contribution in [0.3, 0.4) is 0 Å². The first-order chi connectivity index (χ1) is 7.95. The van der Waals surface area contributed by atoms with Crippen LogP contribution in [-0.4, -0.2) is 22.0 Å². The zero-order valence-corrected chi connectivity index (χ0v) is 9.21. The highest BCUT2D eigenvalue weighted by Crippen LogP contribution is 2.23. The smallest absolute Gasteiger partial charge is 0.282 e. The molecule has 0 aliphatic rings. The van der Waals surface area contributed by atoms with Crippen molar-refractivity contribution < 1.29 is 14.8 Å². The first-order valence-electron chi connectivity index (χ1n) is 4.86. The van der Waals surface area contributed by atoms with Crippen molar-refractivity contribution in [2.75, 3.05) is 0 Å². The molecule has 17 heavy (non-hydrogen) atoms. The Bertz CT molecular complexity index is 471. The summed E-state index contributed by atoms with van der Waals surface area (Å²) in [6, 6.07) is 2.99. The van der Waals surface area contributed by atoms with Gasteiger partial charge in [0.2, 0.25) is 0 Å². The third-order valence-electron chi connectivity index (χ3n) is 2.13. The standard InChI is InChI=1S/C11H12N2O4/c1-3-7(2)12-11(15)9-6-8(14)4-5-10(9)13(16)17/h3-7,14H,1H2,2H3,(H,12,15). The molecule has 0 saturated heterocycles. The Morgan fingerprint density at radius 2 is 2.29 bits per heavy atom. The molecule has 1 unspecified atom stereocenters. The lowest BCUT2D eigenvalue weighted by molar-refractivity contribution is -0.385. The molecule has 1 atom stereocenters. The lowest BCUT2D eigenvalue weighted by Crippen LogP contribution is -2.31. The first kappa shape index (κ1) is 12.7. The number of nitro groups is 1. The second-order valence-corrected chi connectivity index (χ2v) is 3.46. The Hall–Kier alpha value is -2.37. The van der Waals surface area contributed by atoms with Crippen LogP contribution in [0.5, 0.6) is 5.75 Å². The van der Waals surface area contributed by atoms with E-state index in [2.05, 4.69) is 11.9 Å². The van der Waals surface area contributed by atoms with Crippen molar-refractivity contribution in [1.29, 1.82) is 0 Å².